The molecular formula is C60H40N2S. The molecule has 12 aromatic rings. The molecule has 0 aliphatic rings. The van der Waals surface area contributed by atoms with E-state index in [1.807, 2.05) is 11.3 Å². The normalized spacial score (nSPS) is 11.5. The van der Waals surface area contributed by atoms with E-state index >= 15 is 0 Å². The molecule has 296 valence electrons. The molecule has 12 rings (SSSR count). The number of rotatable bonds is 8. The van der Waals surface area contributed by atoms with Crippen LogP contribution >= 0.6 is 11.3 Å². The number of fused-ring (bicyclic) bond motifs is 6. The third-order valence-corrected chi connectivity index (χ3v) is 13.6. The Bertz CT molecular complexity index is 3580. The van der Waals surface area contributed by atoms with Crippen molar-refractivity contribution in [3.63, 3.8) is 0 Å². The maximum atomic E-state index is 2.49. The Balaban J connectivity index is 1.02. The average Bonchev–Trinajstić information content (AvgIpc) is 3.92. The van der Waals surface area contributed by atoms with Crippen molar-refractivity contribution in [2.24, 2.45) is 0 Å². The van der Waals surface area contributed by atoms with E-state index < -0.39 is 0 Å². The molecule has 2 nitrogen and oxygen atoms in total. The van der Waals surface area contributed by atoms with Crippen molar-refractivity contribution < 1.29 is 0 Å². The zero-order valence-corrected chi connectivity index (χ0v) is 35.2. The summed E-state index contributed by atoms with van der Waals surface area (Å²) in [7, 11) is 0. The van der Waals surface area contributed by atoms with E-state index in [9.17, 15) is 0 Å². The van der Waals surface area contributed by atoms with Crippen LogP contribution in [0.25, 0.3) is 92.2 Å². The SMILES string of the molecule is c1ccc(-c2ccc(-c3ccc(N(c4ccc(-c5ccccc5)cc4)c4ccccc4-c4cccc5c4c4ccccc4n5-c4cccc5c4sc4ccccc45)cc3)cc2)cc1. The zero-order valence-electron chi connectivity index (χ0n) is 34.4. The van der Waals surface area contributed by atoms with Gasteiger partial charge in [-0.1, -0.05) is 188 Å². The lowest BCUT2D eigenvalue weighted by atomic mass is 9.96. The Kier molecular flexibility index (Phi) is 9.06. The van der Waals surface area contributed by atoms with Crippen LogP contribution < -0.4 is 4.90 Å². The van der Waals surface area contributed by atoms with Crippen LogP contribution in [0.2, 0.25) is 0 Å². The van der Waals surface area contributed by atoms with Gasteiger partial charge in [0.2, 0.25) is 0 Å². The molecule has 0 spiro atoms. The van der Waals surface area contributed by atoms with Crippen LogP contribution in [-0.2, 0) is 0 Å². The van der Waals surface area contributed by atoms with Gasteiger partial charge in [-0.3, -0.25) is 0 Å². The van der Waals surface area contributed by atoms with Crippen molar-refractivity contribution in [1.82, 2.24) is 4.57 Å². The molecule has 2 aromatic heterocycles. The lowest BCUT2D eigenvalue weighted by Crippen LogP contribution is -2.11. The fourth-order valence-corrected chi connectivity index (χ4v) is 10.7. The molecule has 0 saturated heterocycles. The molecule has 2 heterocycles. The van der Waals surface area contributed by atoms with Gasteiger partial charge in [-0.15, -0.1) is 11.3 Å². The van der Waals surface area contributed by atoms with Crippen LogP contribution in [0.3, 0.4) is 0 Å². The van der Waals surface area contributed by atoms with Crippen molar-refractivity contribution in [2.45, 2.75) is 0 Å². The van der Waals surface area contributed by atoms with Crippen molar-refractivity contribution in [3.8, 4) is 50.2 Å². The Morgan fingerprint density at radius 2 is 0.778 bits per heavy atom. The van der Waals surface area contributed by atoms with E-state index in [0.717, 1.165) is 17.1 Å². The van der Waals surface area contributed by atoms with E-state index in [-0.39, 0.29) is 0 Å². The minimum Gasteiger partial charge on any atom is -0.310 e. The smallest absolute Gasteiger partial charge is 0.0640 e. The average molecular weight is 821 g/mol. The van der Waals surface area contributed by atoms with Gasteiger partial charge in [0.25, 0.3) is 0 Å². The zero-order chi connectivity index (χ0) is 41.7. The molecule has 0 aliphatic heterocycles. The molecule has 0 amide bonds. The largest absolute Gasteiger partial charge is 0.310 e. The second-order valence-electron chi connectivity index (χ2n) is 16.1. The monoisotopic (exact) mass is 820 g/mol. The first-order valence-corrected chi connectivity index (χ1v) is 22.3. The summed E-state index contributed by atoms with van der Waals surface area (Å²) in [6, 6.07) is 88.3. The van der Waals surface area contributed by atoms with Gasteiger partial charge < -0.3 is 9.47 Å². The lowest BCUT2D eigenvalue weighted by Gasteiger charge is -2.28. The summed E-state index contributed by atoms with van der Waals surface area (Å²) in [6.07, 6.45) is 0. The van der Waals surface area contributed by atoms with Crippen molar-refractivity contribution >= 4 is 70.4 Å². The van der Waals surface area contributed by atoms with E-state index in [0.29, 0.717) is 0 Å². The molecular weight excluding hydrogens is 781 g/mol. The van der Waals surface area contributed by atoms with E-state index in [4.69, 9.17) is 0 Å². The first kappa shape index (κ1) is 36.8. The van der Waals surface area contributed by atoms with Crippen LogP contribution in [0.5, 0.6) is 0 Å². The third kappa shape index (κ3) is 6.41. The maximum absolute atomic E-state index is 2.49. The molecule has 0 bridgehead atoms. The highest BCUT2D eigenvalue weighted by Crippen LogP contribution is 2.47. The van der Waals surface area contributed by atoms with Gasteiger partial charge >= 0.3 is 0 Å². The highest BCUT2D eigenvalue weighted by molar-refractivity contribution is 7.26. The summed E-state index contributed by atoms with van der Waals surface area (Å²) in [6.45, 7) is 0. The minimum atomic E-state index is 1.09. The first-order chi connectivity index (χ1) is 31.3. The number of benzene rings is 10. The summed E-state index contributed by atoms with van der Waals surface area (Å²) in [5, 5.41) is 5.08. The second-order valence-corrected chi connectivity index (χ2v) is 17.1. The molecule has 0 N–H and O–H groups in total. The van der Waals surface area contributed by atoms with Gasteiger partial charge in [0.05, 0.1) is 27.1 Å². The summed E-state index contributed by atoms with van der Waals surface area (Å²) >= 11 is 1.88. The Hall–Kier alpha value is -7.98. The molecule has 10 aromatic carbocycles. The molecule has 3 heteroatoms. The molecule has 0 atom stereocenters. The predicted octanol–water partition coefficient (Wildman–Crippen LogP) is 17.3. The molecule has 0 saturated carbocycles. The van der Waals surface area contributed by atoms with Crippen molar-refractivity contribution in [3.05, 3.63) is 243 Å². The molecule has 63 heavy (non-hydrogen) atoms. The summed E-state index contributed by atoms with van der Waals surface area (Å²) < 4.78 is 5.09. The van der Waals surface area contributed by atoms with E-state index in [1.54, 1.807) is 0 Å². The van der Waals surface area contributed by atoms with Crippen molar-refractivity contribution in [2.75, 3.05) is 4.90 Å². The number of nitrogens with zero attached hydrogens (tertiary/aromatic N) is 2. The third-order valence-electron chi connectivity index (χ3n) is 12.4. The lowest BCUT2D eigenvalue weighted by molar-refractivity contribution is 1.20. The topological polar surface area (TPSA) is 8.17 Å². The molecule has 0 radical (unpaired) electrons. The highest BCUT2D eigenvalue weighted by atomic mass is 32.1. The second kappa shape index (κ2) is 15.5. The highest BCUT2D eigenvalue weighted by Gasteiger charge is 2.23. The van der Waals surface area contributed by atoms with E-state index in [2.05, 4.69) is 252 Å². The number of aromatic nitrogens is 1. The number of para-hydroxylation sites is 2. The van der Waals surface area contributed by atoms with Gasteiger partial charge in [-0.25, -0.2) is 0 Å². The number of hydrogen-bond acceptors (Lipinski definition) is 2. The Labute approximate surface area is 370 Å². The minimum absolute atomic E-state index is 1.09. The van der Waals surface area contributed by atoms with Crippen LogP contribution in [0.1, 0.15) is 0 Å². The van der Waals surface area contributed by atoms with Gasteiger partial charge in [-0.2, -0.15) is 0 Å². The van der Waals surface area contributed by atoms with Gasteiger partial charge in [0, 0.05) is 43.2 Å². The first-order valence-electron chi connectivity index (χ1n) is 21.5. The maximum Gasteiger partial charge on any atom is 0.0640 e. The van der Waals surface area contributed by atoms with Gasteiger partial charge in [0.15, 0.2) is 0 Å². The number of hydrogen-bond donors (Lipinski definition) is 0. The molecule has 0 unspecified atom stereocenters. The van der Waals surface area contributed by atoms with Gasteiger partial charge in [-0.05, 0) is 93.5 Å². The summed E-state index contributed by atoms with van der Waals surface area (Å²) in [5.74, 6) is 0. The van der Waals surface area contributed by atoms with Crippen LogP contribution in [0.4, 0.5) is 17.1 Å². The van der Waals surface area contributed by atoms with Crippen LogP contribution in [-0.4, -0.2) is 4.57 Å². The molecule has 0 fully saturated rings. The summed E-state index contributed by atoms with van der Waals surface area (Å²) in [5.41, 5.74) is 16.4. The van der Waals surface area contributed by atoms with Crippen LogP contribution in [0.15, 0.2) is 243 Å². The summed E-state index contributed by atoms with van der Waals surface area (Å²) in [4.78, 5) is 2.42. The standard InChI is InChI=1S/C60H40N2S/c1-3-15-41(16-4-1)43-29-31-44(32-30-43)46-35-39-48(40-36-46)61(47-37-33-45(34-38-47)42-17-5-2-6-18-42)54-24-10-7-19-49(54)51-22-13-26-56-59(51)53-21-8-11-25-55(53)62(56)57-27-14-23-52-50-20-9-12-28-58(50)63-60(52)57/h1-40H. The number of thiophene rings is 1. The molecule has 0 aliphatic carbocycles. The predicted molar refractivity (Wildman–Crippen MR) is 270 cm³/mol. The van der Waals surface area contributed by atoms with Crippen molar-refractivity contribution in [1.29, 1.82) is 0 Å². The fourth-order valence-electron chi connectivity index (χ4n) is 9.46. The quantitative estimate of drug-likeness (QED) is 0.148. The van der Waals surface area contributed by atoms with Gasteiger partial charge in [0.1, 0.15) is 0 Å². The number of anilines is 3. The van der Waals surface area contributed by atoms with Crippen LogP contribution in [0, 0.1) is 0 Å². The Morgan fingerprint density at radius 3 is 1.43 bits per heavy atom. The van der Waals surface area contributed by atoms with E-state index in [1.165, 1.54) is 92.2 Å². The Morgan fingerprint density at radius 1 is 0.317 bits per heavy atom. The fraction of sp³-hybridized carbons (Fsp3) is 0.